The SMILES string of the molecule is Cc1ccc(Br)cc1NC(=O)c1ccc(Cl)cn1. The van der Waals surface area contributed by atoms with Crippen molar-refractivity contribution in [3.05, 3.63) is 57.3 Å². The number of carbonyl (C=O) groups excluding carboxylic acids is 1. The Hall–Kier alpha value is -1.39. The molecule has 0 unspecified atom stereocenters. The highest BCUT2D eigenvalue weighted by Gasteiger charge is 2.09. The van der Waals surface area contributed by atoms with E-state index in [1.54, 1.807) is 12.1 Å². The Morgan fingerprint density at radius 3 is 2.78 bits per heavy atom. The van der Waals surface area contributed by atoms with Crippen LogP contribution >= 0.6 is 27.5 Å². The number of amides is 1. The second-order valence-electron chi connectivity index (χ2n) is 3.78. The first-order valence-electron chi connectivity index (χ1n) is 5.25. The summed E-state index contributed by atoms with van der Waals surface area (Å²) in [6.07, 6.45) is 1.45. The highest BCUT2D eigenvalue weighted by Crippen LogP contribution is 2.21. The predicted octanol–water partition coefficient (Wildman–Crippen LogP) is 4.06. The van der Waals surface area contributed by atoms with E-state index in [1.165, 1.54) is 6.20 Å². The van der Waals surface area contributed by atoms with Crippen LogP contribution in [0.1, 0.15) is 16.1 Å². The van der Waals surface area contributed by atoms with Gasteiger partial charge in [-0.3, -0.25) is 4.79 Å². The molecule has 0 aliphatic carbocycles. The molecular weight excluding hydrogens is 316 g/mol. The fraction of sp³-hybridized carbons (Fsp3) is 0.0769. The molecule has 5 heteroatoms. The number of nitrogens with zero attached hydrogens (tertiary/aromatic N) is 1. The van der Waals surface area contributed by atoms with Crippen LogP contribution < -0.4 is 5.32 Å². The number of aryl methyl sites for hydroxylation is 1. The van der Waals surface area contributed by atoms with Crippen LogP contribution in [0.3, 0.4) is 0 Å². The highest BCUT2D eigenvalue weighted by atomic mass is 79.9. The van der Waals surface area contributed by atoms with Crippen LogP contribution in [0.2, 0.25) is 5.02 Å². The van der Waals surface area contributed by atoms with Gasteiger partial charge in [-0.1, -0.05) is 33.6 Å². The summed E-state index contributed by atoms with van der Waals surface area (Å²) >= 11 is 9.09. The molecular formula is C13H10BrClN2O. The number of carbonyl (C=O) groups is 1. The molecule has 3 nitrogen and oxygen atoms in total. The molecule has 1 N–H and O–H groups in total. The average molecular weight is 326 g/mol. The van der Waals surface area contributed by atoms with E-state index in [-0.39, 0.29) is 5.91 Å². The van der Waals surface area contributed by atoms with E-state index in [2.05, 4.69) is 26.2 Å². The number of rotatable bonds is 2. The highest BCUT2D eigenvalue weighted by molar-refractivity contribution is 9.10. The Balaban J connectivity index is 2.21. The van der Waals surface area contributed by atoms with Crippen LogP contribution in [0.5, 0.6) is 0 Å². The van der Waals surface area contributed by atoms with E-state index in [4.69, 9.17) is 11.6 Å². The van der Waals surface area contributed by atoms with Crippen molar-refractivity contribution in [3.8, 4) is 0 Å². The second-order valence-corrected chi connectivity index (χ2v) is 5.13. The van der Waals surface area contributed by atoms with Crippen LogP contribution in [-0.4, -0.2) is 10.9 Å². The molecule has 0 spiro atoms. The van der Waals surface area contributed by atoms with Gasteiger partial charge < -0.3 is 5.32 Å². The summed E-state index contributed by atoms with van der Waals surface area (Å²) < 4.78 is 0.910. The lowest BCUT2D eigenvalue weighted by atomic mass is 10.2. The second kappa shape index (κ2) is 5.50. The molecule has 0 aliphatic heterocycles. The Morgan fingerprint density at radius 1 is 1.33 bits per heavy atom. The van der Waals surface area contributed by atoms with Crippen molar-refractivity contribution < 1.29 is 4.79 Å². The fourth-order valence-electron chi connectivity index (χ4n) is 1.43. The lowest BCUT2D eigenvalue weighted by molar-refractivity contribution is 0.102. The zero-order valence-corrected chi connectivity index (χ0v) is 11.9. The Labute approximate surface area is 118 Å². The van der Waals surface area contributed by atoms with Crippen molar-refractivity contribution in [2.24, 2.45) is 0 Å². The van der Waals surface area contributed by atoms with Gasteiger partial charge in [0, 0.05) is 16.4 Å². The summed E-state index contributed by atoms with van der Waals surface area (Å²) in [4.78, 5) is 15.9. The average Bonchev–Trinajstić information content (AvgIpc) is 2.34. The molecule has 0 saturated heterocycles. The maximum Gasteiger partial charge on any atom is 0.274 e. The summed E-state index contributed by atoms with van der Waals surface area (Å²) in [6, 6.07) is 8.92. The van der Waals surface area contributed by atoms with Gasteiger partial charge in [0.05, 0.1) is 5.02 Å². The van der Waals surface area contributed by atoms with Gasteiger partial charge in [-0.05, 0) is 36.8 Å². The van der Waals surface area contributed by atoms with Crippen LogP contribution in [0.15, 0.2) is 41.0 Å². The Bertz CT molecular complexity index is 584. The maximum absolute atomic E-state index is 12.0. The van der Waals surface area contributed by atoms with Crippen LogP contribution in [0.25, 0.3) is 0 Å². The molecule has 1 aromatic heterocycles. The first-order valence-corrected chi connectivity index (χ1v) is 6.42. The van der Waals surface area contributed by atoms with Crippen molar-refractivity contribution >= 4 is 39.1 Å². The summed E-state index contributed by atoms with van der Waals surface area (Å²) in [5.74, 6) is -0.257. The van der Waals surface area contributed by atoms with Gasteiger partial charge in [-0.2, -0.15) is 0 Å². The minimum atomic E-state index is -0.257. The summed E-state index contributed by atoms with van der Waals surface area (Å²) in [5, 5.41) is 3.32. The molecule has 1 heterocycles. The van der Waals surface area contributed by atoms with E-state index in [1.807, 2.05) is 25.1 Å². The smallest absolute Gasteiger partial charge is 0.274 e. The molecule has 0 fully saturated rings. The van der Waals surface area contributed by atoms with Gasteiger partial charge in [0.1, 0.15) is 5.69 Å². The summed E-state index contributed by atoms with van der Waals surface area (Å²) in [6.45, 7) is 1.93. The number of pyridine rings is 1. The lowest BCUT2D eigenvalue weighted by Crippen LogP contribution is -2.14. The molecule has 1 aromatic carbocycles. The zero-order valence-electron chi connectivity index (χ0n) is 9.58. The first-order chi connectivity index (χ1) is 8.56. The molecule has 92 valence electrons. The van der Waals surface area contributed by atoms with Gasteiger partial charge >= 0.3 is 0 Å². The standard InChI is InChI=1S/C13H10BrClN2O/c1-8-2-3-9(14)6-12(8)17-13(18)11-5-4-10(15)7-16-11/h2-7H,1H3,(H,17,18). The molecule has 2 rings (SSSR count). The molecule has 0 saturated carbocycles. The molecule has 2 aromatic rings. The molecule has 1 amide bonds. The van der Waals surface area contributed by atoms with Crippen LogP contribution in [0, 0.1) is 6.92 Å². The number of nitrogens with one attached hydrogen (secondary N) is 1. The number of hydrogen-bond donors (Lipinski definition) is 1. The molecule has 0 atom stereocenters. The van der Waals surface area contributed by atoms with E-state index in [0.717, 1.165) is 15.7 Å². The minimum Gasteiger partial charge on any atom is -0.320 e. The van der Waals surface area contributed by atoms with E-state index < -0.39 is 0 Å². The quantitative estimate of drug-likeness (QED) is 0.905. The number of anilines is 1. The van der Waals surface area contributed by atoms with E-state index in [9.17, 15) is 4.79 Å². The van der Waals surface area contributed by atoms with Gasteiger partial charge in [-0.15, -0.1) is 0 Å². The van der Waals surface area contributed by atoms with Crippen molar-refractivity contribution in [2.75, 3.05) is 5.32 Å². The van der Waals surface area contributed by atoms with Gasteiger partial charge in [0.25, 0.3) is 5.91 Å². The summed E-state index contributed by atoms with van der Waals surface area (Å²) in [5.41, 5.74) is 2.07. The molecule has 0 bridgehead atoms. The molecule has 18 heavy (non-hydrogen) atoms. The largest absolute Gasteiger partial charge is 0.320 e. The maximum atomic E-state index is 12.0. The number of hydrogen-bond acceptors (Lipinski definition) is 2. The monoisotopic (exact) mass is 324 g/mol. The Morgan fingerprint density at radius 2 is 2.11 bits per heavy atom. The minimum absolute atomic E-state index is 0.257. The van der Waals surface area contributed by atoms with E-state index >= 15 is 0 Å². The van der Waals surface area contributed by atoms with Crippen LogP contribution in [-0.2, 0) is 0 Å². The van der Waals surface area contributed by atoms with Crippen molar-refractivity contribution in [1.29, 1.82) is 0 Å². The first kappa shape index (κ1) is 13.1. The molecule has 0 radical (unpaired) electrons. The van der Waals surface area contributed by atoms with Gasteiger partial charge in [-0.25, -0.2) is 4.98 Å². The number of aromatic nitrogens is 1. The number of benzene rings is 1. The Kier molecular flexibility index (Phi) is 3.99. The normalized spacial score (nSPS) is 10.2. The summed E-state index contributed by atoms with van der Waals surface area (Å²) in [7, 11) is 0. The number of halogens is 2. The van der Waals surface area contributed by atoms with E-state index in [0.29, 0.717) is 10.7 Å². The zero-order chi connectivity index (χ0) is 13.1. The topological polar surface area (TPSA) is 42.0 Å². The third-order valence-electron chi connectivity index (χ3n) is 2.41. The van der Waals surface area contributed by atoms with Crippen molar-refractivity contribution in [3.63, 3.8) is 0 Å². The third kappa shape index (κ3) is 3.09. The lowest BCUT2D eigenvalue weighted by Gasteiger charge is -2.08. The van der Waals surface area contributed by atoms with Gasteiger partial charge in [0.15, 0.2) is 0 Å². The third-order valence-corrected chi connectivity index (χ3v) is 3.12. The van der Waals surface area contributed by atoms with Crippen LogP contribution in [0.4, 0.5) is 5.69 Å². The fourth-order valence-corrected chi connectivity index (χ4v) is 1.90. The van der Waals surface area contributed by atoms with Crippen molar-refractivity contribution in [2.45, 2.75) is 6.92 Å². The predicted molar refractivity (Wildman–Crippen MR) is 76.1 cm³/mol. The molecule has 0 aliphatic rings. The van der Waals surface area contributed by atoms with Gasteiger partial charge in [0.2, 0.25) is 0 Å². The van der Waals surface area contributed by atoms with Crippen molar-refractivity contribution in [1.82, 2.24) is 4.98 Å².